The van der Waals surface area contributed by atoms with E-state index in [1.54, 1.807) is 24.0 Å². The largest absolute Gasteiger partial charge is 0.350 e. The minimum Gasteiger partial charge on any atom is -0.350 e. The first-order chi connectivity index (χ1) is 10.6. The molecule has 0 aromatic carbocycles. The summed E-state index contributed by atoms with van der Waals surface area (Å²) in [5.74, 6) is 1.13. The molecular formula is C13H13ClN6O2. The molecule has 114 valence electrons. The Hall–Kier alpha value is -2.19. The minimum absolute atomic E-state index is 0.253. The molecule has 0 spiro atoms. The van der Waals surface area contributed by atoms with Crippen molar-refractivity contribution in [3.63, 3.8) is 0 Å². The maximum absolute atomic E-state index is 6.18. The Bertz CT molecular complexity index is 812. The summed E-state index contributed by atoms with van der Waals surface area (Å²) in [5, 5.41) is 12.5. The van der Waals surface area contributed by atoms with Crippen molar-refractivity contribution in [3.05, 3.63) is 23.1 Å². The van der Waals surface area contributed by atoms with Crippen LogP contribution in [0.1, 0.15) is 25.1 Å². The highest BCUT2D eigenvalue weighted by atomic mass is 35.5. The number of nitrogens with zero attached hydrogens (tertiary/aromatic N) is 5. The molecular weight excluding hydrogens is 308 g/mol. The molecule has 3 aromatic heterocycles. The molecule has 9 heteroatoms. The summed E-state index contributed by atoms with van der Waals surface area (Å²) < 4.78 is 12.1. The van der Waals surface area contributed by atoms with E-state index < -0.39 is 5.54 Å². The van der Waals surface area contributed by atoms with E-state index in [1.807, 2.05) is 0 Å². The molecule has 1 aliphatic carbocycles. The van der Waals surface area contributed by atoms with Gasteiger partial charge in [0, 0.05) is 13.1 Å². The highest BCUT2D eigenvalue weighted by molar-refractivity contribution is 6.32. The molecule has 1 aliphatic rings. The van der Waals surface area contributed by atoms with E-state index >= 15 is 0 Å². The third kappa shape index (κ3) is 1.95. The Morgan fingerprint density at radius 2 is 2.14 bits per heavy atom. The average Bonchev–Trinajstić information content (AvgIpc) is 3.16. The van der Waals surface area contributed by atoms with E-state index in [4.69, 9.17) is 26.4 Å². The predicted octanol–water partition coefficient (Wildman–Crippen LogP) is 2.12. The molecule has 0 aliphatic heterocycles. The lowest BCUT2D eigenvalue weighted by Gasteiger charge is -2.34. The van der Waals surface area contributed by atoms with Gasteiger partial charge in [-0.15, -0.1) is 0 Å². The summed E-state index contributed by atoms with van der Waals surface area (Å²) in [6, 6.07) is 1.68. The van der Waals surface area contributed by atoms with Crippen LogP contribution in [-0.4, -0.2) is 25.1 Å². The summed E-state index contributed by atoms with van der Waals surface area (Å²) in [6.45, 7) is 0. The van der Waals surface area contributed by atoms with Crippen LogP contribution in [-0.2, 0) is 12.6 Å². The zero-order valence-electron chi connectivity index (χ0n) is 11.8. The van der Waals surface area contributed by atoms with Crippen molar-refractivity contribution in [1.82, 2.24) is 25.1 Å². The fourth-order valence-corrected chi connectivity index (χ4v) is 2.76. The highest BCUT2D eigenvalue weighted by Crippen LogP contribution is 2.38. The summed E-state index contributed by atoms with van der Waals surface area (Å²) in [7, 11) is 1.77. The maximum Gasteiger partial charge on any atom is 0.296 e. The second kappa shape index (κ2) is 4.65. The van der Waals surface area contributed by atoms with E-state index in [1.165, 1.54) is 0 Å². The van der Waals surface area contributed by atoms with Crippen molar-refractivity contribution in [1.29, 1.82) is 0 Å². The van der Waals surface area contributed by atoms with E-state index in [-0.39, 0.29) is 5.89 Å². The summed E-state index contributed by atoms with van der Waals surface area (Å²) in [4.78, 5) is 4.32. The molecule has 0 atom stereocenters. The van der Waals surface area contributed by atoms with Crippen molar-refractivity contribution in [2.75, 3.05) is 0 Å². The Kier molecular flexibility index (Phi) is 2.85. The quantitative estimate of drug-likeness (QED) is 0.787. The number of hydrogen-bond acceptors (Lipinski definition) is 7. The monoisotopic (exact) mass is 320 g/mol. The molecule has 0 unspecified atom stereocenters. The standard InChI is InChI=1S/C13H13ClN6O2/c1-20-10(7(14)6-16-20)8-5-9(21-18-8)11-17-12(19-22-11)13(15)3-2-4-13/h5-6H,2-4,15H2,1H3. The van der Waals surface area contributed by atoms with Gasteiger partial charge >= 0.3 is 0 Å². The molecule has 22 heavy (non-hydrogen) atoms. The number of aryl methyl sites for hydroxylation is 1. The first-order valence-corrected chi connectivity index (χ1v) is 7.23. The Labute approximate surface area is 130 Å². The van der Waals surface area contributed by atoms with Crippen molar-refractivity contribution < 1.29 is 9.05 Å². The van der Waals surface area contributed by atoms with E-state index in [0.29, 0.717) is 28.0 Å². The number of nitrogens with two attached hydrogens (primary N) is 1. The second-order valence-corrected chi connectivity index (χ2v) is 5.88. The molecule has 3 heterocycles. The molecule has 0 saturated heterocycles. The fourth-order valence-electron chi connectivity index (χ4n) is 2.49. The lowest BCUT2D eigenvalue weighted by Crippen LogP contribution is -2.44. The second-order valence-electron chi connectivity index (χ2n) is 5.47. The zero-order chi connectivity index (χ0) is 15.3. The SMILES string of the molecule is Cn1ncc(Cl)c1-c1cc(-c2nc(C3(N)CCC3)no2)on1. The van der Waals surface area contributed by atoms with Crippen molar-refractivity contribution in [2.45, 2.75) is 24.8 Å². The van der Waals surface area contributed by atoms with Gasteiger partial charge in [-0.05, 0) is 19.3 Å². The van der Waals surface area contributed by atoms with Gasteiger partial charge in [0.25, 0.3) is 5.89 Å². The molecule has 2 N–H and O–H groups in total. The Morgan fingerprint density at radius 3 is 2.77 bits per heavy atom. The number of halogens is 1. The van der Waals surface area contributed by atoms with Crippen molar-refractivity contribution in [2.24, 2.45) is 12.8 Å². The number of hydrogen-bond donors (Lipinski definition) is 1. The van der Waals surface area contributed by atoms with Crippen LogP contribution in [0, 0.1) is 0 Å². The fraction of sp³-hybridized carbons (Fsp3) is 0.385. The predicted molar refractivity (Wildman–Crippen MR) is 76.7 cm³/mol. The first kappa shape index (κ1) is 13.5. The third-order valence-corrected chi connectivity index (χ3v) is 4.25. The van der Waals surface area contributed by atoms with Crippen LogP contribution in [0.15, 0.2) is 21.3 Å². The summed E-state index contributed by atoms with van der Waals surface area (Å²) >= 11 is 6.09. The van der Waals surface area contributed by atoms with Crippen LogP contribution in [0.4, 0.5) is 0 Å². The maximum atomic E-state index is 6.18. The van der Waals surface area contributed by atoms with Gasteiger partial charge in [-0.1, -0.05) is 21.9 Å². The van der Waals surface area contributed by atoms with Crippen LogP contribution in [0.25, 0.3) is 23.0 Å². The molecule has 0 bridgehead atoms. The summed E-state index contributed by atoms with van der Waals surface area (Å²) in [6.07, 6.45) is 4.34. The normalized spacial score (nSPS) is 16.7. The van der Waals surface area contributed by atoms with Gasteiger partial charge < -0.3 is 14.8 Å². The third-order valence-electron chi connectivity index (χ3n) is 3.97. The molecule has 0 radical (unpaired) electrons. The van der Waals surface area contributed by atoms with Crippen LogP contribution >= 0.6 is 11.6 Å². The minimum atomic E-state index is -0.476. The number of aromatic nitrogens is 5. The van der Waals surface area contributed by atoms with E-state index in [2.05, 4.69) is 20.4 Å². The smallest absolute Gasteiger partial charge is 0.296 e. The molecule has 8 nitrogen and oxygen atoms in total. The molecule has 4 rings (SSSR count). The van der Waals surface area contributed by atoms with Crippen molar-refractivity contribution >= 4 is 11.6 Å². The topological polar surface area (TPSA) is 109 Å². The van der Waals surface area contributed by atoms with Gasteiger partial charge in [0.1, 0.15) is 11.4 Å². The molecule has 1 fully saturated rings. The lowest BCUT2D eigenvalue weighted by atomic mass is 9.77. The molecule has 3 aromatic rings. The Balaban J connectivity index is 1.67. The van der Waals surface area contributed by atoms with Gasteiger partial charge in [0.2, 0.25) is 5.76 Å². The van der Waals surface area contributed by atoms with Crippen LogP contribution in [0.5, 0.6) is 0 Å². The summed E-state index contributed by atoms with van der Waals surface area (Å²) in [5.41, 5.74) is 6.91. The van der Waals surface area contributed by atoms with Gasteiger partial charge in [0.05, 0.1) is 16.8 Å². The Morgan fingerprint density at radius 1 is 1.32 bits per heavy atom. The van der Waals surface area contributed by atoms with Crippen LogP contribution in [0.3, 0.4) is 0 Å². The lowest BCUT2D eigenvalue weighted by molar-refractivity contribution is 0.229. The van der Waals surface area contributed by atoms with Gasteiger partial charge in [0.15, 0.2) is 5.82 Å². The van der Waals surface area contributed by atoms with Gasteiger partial charge in [-0.3, -0.25) is 4.68 Å². The molecule has 0 amide bonds. The van der Waals surface area contributed by atoms with E-state index in [0.717, 1.165) is 19.3 Å². The molecule has 1 saturated carbocycles. The zero-order valence-corrected chi connectivity index (χ0v) is 12.5. The van der Waals surface area contributed by atoms with Crippen molar-refractivity contribution in [3.8, 4) is 23.0 Å². The number of rotatable bonds is 3. The van der Waals surface area contributed by atoms with E-state index in [9.17, 15) is 0 Å². The van der Waals surface area contributed by atoms with Crippen LogP contribution < -0.4 is 5.73 Å². The van der Waals surface area contributed by atoms with Gasteiger partial charge in [-0.25, -0.2) is 0 Å². The van der Waals surface area contributed by atoms with Gasteiger partial charge in [-0.2, -0.15) is 10.1 Å². The average molecular weight is 321 g/mol. The highest BCUT2D eigenvalue weighted by Gasteiger charge is 2.39. The van der Waals surface area contributed by atoms with Crippen LogP contribution in [0.2, 0.25) is 5.02 Å². The first-order valence-electron chi connectivity index (χ1n) is 6.85.